The third kappa shape index (κ3) is 7.93. The summed E-state index contributed by atoms with van der Waals surface area (Å²) in [7, 11) is 8.39. The van der Waals surface area contributed by atoms with Crippen molar-refractivity contribution < 1.29 is 0 Å². The fraction of sp³-hybridized carbons (Fsp3) is 0.182. The lowest BCUT2D eigenvalue weighted by molar-refractivity contribution is 0.506. The van der Waals surface area contributed by atoms with Gasteiger partial charge in [0.2, 0.25) is 0 Å². The Kier molecular flexibility index (Phi) is 13.0. The van der Waals surface area contributed by atoms with Crippen LogP contribution < -0.4 is 0 Å². The quantitative estimate of drug-likeness (QED) is 0.188. The number of hydrogen-bond donors (Lipinski definition) is 2. The molecule has 3 aromatic heterocycles. The van der Waals surface area contributed by atoms with Crippen molar-refractivity contribution in [2.75, 3.05) is 54.4 Å². The molecule has 9 rings (SSSR count). The average molecular weight is 829 g/mol. The topological polar surface area (TPSA) is 70.3 Å². The molecule has 8 bridgehead atoms. The van der Waals surface area contributed by atoms with Gasteiger partial charge in [0.1, 0.15) is 0 Å². The Hall–Kier alpha value is -5.12. The first-order chi connectivity index (χ1) is 25.4. The van der Waals surface area contributed by atoms with E-state index in [9.17, 15) is 0 Å². The molecule has 0 fully saturated rings. The molecule has 56 heavy (non-hydrogen) atoms. The zero-order chi connectivity index (χ0) is 35.3. The number of rotatable bonds is 4. The van der Waals surface area contributed by atoms with Crippen LogP contribution in [0.3, 0.4) is 0 Å². The first-order valence-electron chi connectivity index (χ1n) is 17.9. The maximum Gasteiger partial charge on any atom is 0.0737 e. The van der Waals surface area contributed by atoms with Gasteiger partial charge in [-0.1, -0.05) is 24.3 Å². The van der Waals surface area contributed by atoms with Crippen molar-refractivity contribution >= 4 is 118 Å². The maximum atomic E-state index is 5.43. The zero-order valence-electron chi connectivity index (χ0n) is 31.7. The Bertz CT molecular complexity index is 2170. The van der Waals surface area contributed by atoms with Gasteiger partial charge in [-0.25, -0.2) is 9.97 Å². The van der Waals surface area contributed by atoms with Crippen LogP contribution >= 0.6 is 49.6 Å². The molecule has 2 N–H and O–H groups in total. The summed E-state index contributed by atoms with van der Waals surface area (Å²) in [5, 5.41) is 0. The normalized spacial score (nSPS) is 16.6. The van der Waals surface area contributed by atoms with Crippen LogP contribution in [0.4, 0.5) is 0 Å². The third-order valence-corrected chi connectivity index (χ3v) is 10.3. The Balaban J connectivity index is 0.00000150. The summed E-state index contributed by atoms with van der Waals surface area (Å²) in [5.41, 5.74) is 16.7. The largest absolute Gasteiger partial charge is 0.377 e. The minimum atomic E-state index is 0. The van der Waals surface area contributed by atoms with E-state index in [-0.39, 0.29) is 49.6 Å². The fourth-order valence-electron chi connectivity index (χ4n) is 7.48. The summed E-state index contributed by atoms with van der Waals surface area (Å²) in [4.78, 5) is 27.3. The molecule has 3 aromatic rings. The second-order valence-electron chi connectivity index (χ2n) is 14.2. The van der Waals surface area contributed by atoms with Crippen molar-refractivity contribution in [1.29, 1.82) is 0 Å². The van der Waals surface area contributed by atoms with Gasteiger partial charge in [-0.3, -0.25) is 0 Å². The van der Waals surface area contributed by atoms with Gasteiger partial charge >= 0.3 is 0 Å². The molecular formula is C44H46Cl4N8. The molecule has 8 nitrogen and oxygen atoms in total. The van der Waals surface area contributed by atoms with Crippen LogP contribution in [0.15, 0.2) is 97.7 Å². The van der Waals surface area contributed by atoms with Crippen molar-refractivity contribution in [2.24, 2.45) is 0 Å². The van der Waals surface area contributed by atoms with E-state index in [0.717, 1.165) is 116 Å². The number of aromatic nitrogens is 4. The molecule has 0 spiro atoms. The molecule has 0 amide bonds. The maximum absolute atomic E-state index is 5.43. The standard InChI is InChI=1S/C44H42N8.4ClH/c1-49-21-13-29(14-22-49)41-33-5-7-35(45-33)42(30-15-23-50(2)24-16-30)37-9-11-39(47-37)44(32-19-27-52(4)28-20-32)40-12-10-38(48-40)43(36-8-6-34(41)46-36)31-17-25-51(3)26-18-31;;;;/h5-21,23,25,27,45,48H,22,24,26,28H2,1-4H3;4*1H. The SMILES string of the molecule is CN1C=CC(c2c3nc(c(C4=CCN(C)C=C4)c4ccc([nH]4)c(C4=CCN(C)C=C4)c4nc(c(C5=CCN(C)C=C5)c5ccc2[nH]5)C=C4)C=C3)=CC1.Cl.Cl.Cl.Cl. The average Bonchev–Trinajstić information content (AvgIpc) is 3.99. The summed E-state index contributed by atoms with van der Waals surface area (Å²) in [6, 6.07) is 8.79. The zero-order valence-corrected chi connectivity index (χ0v) is 35.0. The Morgan fingerprint density at radius 3 is 0.804 bits per heavy atom. The Morgan fingerprint density at radius 1 is 0.375 bits per heavy atom. The highest BCUT2D eigenvalue weighted by molar-refractivity contribution is 5.99. The molecule has 290 valence electrons. The Labute approximate surface area is 353 Å². The number of nitrogens with zero attached hydrogens (tertiary/aromatic N) is 6. The molecule has 9 heterocycles. The van der Waals surface area contributed by atoms with Crippen molar-refractivity contribution in [2.45, 2.75) is 0 Å². The number of aromatic amines is 2. The number of likely N-dealkylation sites (N-methyl/N-ethyl adjacent to an activating group) is 4. The van der Waals surface area contributed by atoms with Crippen molar-refractivity contribution in [3.05, 3.63) is 143 Å². The fourth-order valence-corrected chi connectivity index (χ4v) is 7.48. The lowest BCUT2D eigenvalue weighted by Crippen LogP contribution is -2.13. The summed E-state index contributed by atoms with van der Waals surface area (Å²) in [6.07, 6.45) is 35.2. The predicted octanol–water partition coefficient (Wildman–Crippen LogP) is 9.71. The summed E-state index contributed by atoms with van der Waals surface area (Å²) < 4.78 is 0. The first-order valence-corrected chi connectivity index (χ1v) is 17.9. The van der Waals surface area contributed by atoms with Gasteiger partial charge in [0, 0.05) is 98.7 Å². The van der Waals surface area contributed by atoms with Crippen LogP contribution in [0, 0.1) is 0 Å². The molecule has 0 saturated heterocycles. The van der Waals surface area contributed by atoms with Crippen molar-refractivity contribution in [3.8, 4) is 0 Å². The smallest absolute Gasteiger partial charge is 0.0737 e. The van der Waals surface area contributed by atoms with Crippen LogP contribution in [0.5, 0.6) is 0 Å². The molecule has 0 aromatic carbocycles. The minimum Gasteiger partial charge on any atom is -0.377 e. The van der Waals surface area contributed by atoms with Gasteiger partial charge in [0.15, 0.2) is 0 Å². The lowest BCUT2D eigenvalue weighted by Gasteiger charge is -2.18. The molecule has 0 unspecified atom stereocenters. The van der Waals surface area contributed by atoms with E-state index in [0.29, 0.717) is 0 Å². The first kappa shape index (κ1) is 42.0. The number of halogens is 4. The predicted molar refractivity (Wildman–Crippen MR) is 247 cm³/mol. The van der Waals surface area contributed by atoms with Gasteiger partial charge in [0.05, 0.1) is 22.8 Å². The van der Waals surface area contributed by atoms with Gasteiger partial charge in [-0.15, -0.1) is 49.6 Å². The summed E-state index contributed by atoms with van der Waals surface area (Å²) in [5.74, 6) is 0. The second-order valence-corrected chi connectivity index (χ2v) is 14.2. The van der Waals surface area contributed by atoms with E-state index in [1.807, 2.05) is 0 Å². The molecular weight excluding hydrogens is 782 g/mol. The Morgan fingerprint density at radius 2 is 0.607 bits per heavy atom. The number of nitrogens with one attached hydrogen (secondary N) is 2. The van der Waals surface area contributed by atoms with Crippen molar-refractivity contribution in [1.82, 2.24) is 39.5 Å². The number of H-pyrrole nitrogens is 2. The van der Waals surface area contributed by atoms with E-state index >= 15 is 0 Å². The summed E-state index contributed by atoms with van der Waals surface area (Å²) >= 11 is 0. The molecule has 6 aliphatic rings. The van der Waals surface area contributed by atoms with E-state index < -0.39 is 0 Å². The van der Waals surface area contributed by atoms with E-state index in [1.54, 1.807) is 0 Å². The van der Waals surface area contributed by atoms with E-state index in [4.69, 9.17) is 9.97 Å². The second kappa shape index (κ2) is 17.3. The summed E-state index contributed by atoms with van der Waals surface area (Å²) in [6.45, 7) is 3.31. The third-order valence-electron chi connectivity index (χ3n) is 10.3. The van der Waals surface area contributed by atoms with Gasteiger partial charge in [0.25, 0.3) is 0 Å². The minimum absolute atomic E-state index is 0. The van der Waals surface area contributed by atoms with Gasteiger partial charge < -0.3 is 29.6 Å². The van der Waals surface area contributed by atoms with Crippen LogP contribution in [0.1, 0.15) is 45.0 Å². The molecule has 0 atom stereocenters. The van der Waals surface area contributed by atoms with E-state index in [1.165, 1.54) is 0 Å². The highest BCUT2D eigenvalue weighted by atomic mass is 35.5. The highest BCUT2D eigenvalue weighted by Crippen LogP contribution is 2.36. The van der Waals surface area contributed by atoms with Crippen LogP contribution in [0.25, 0.3) is 68.7 Å². The molecule has 12 heteroatoms. The monoisotopic (exact) mass is 826 g/mol. The van der Waals surface area contributed by atoms with Crippen molar-refractivity contribution in [3.63, 3.8) is 0 Å². The number of fused-ring (bicyclic) bond motifs is 8. The molecule has 0 radical (unpaired) electrons. The molecule has 0 saturated carbocycles. The molecule has 6 aliphatic heterocycles. The number of allylic oxidation sites excluding steroid dienone is 8. The number of hydrogen-bond acceptors (Lipinski definition) is 6. The lowest BCUT2D eigenvalue weighted by atomic mass is 10.0. The van der Waals surface area contributed by atoms with Gasteiger partial charge in [-0.05, 0) is 120 Å². The molecule has 0 aliphatic carbocycles. The highest BCUT2D eigenvalue weighted by Gasteiger charge is 2.21. The van der Waals surface area contributed by atoms with Crippen LogP contribution in [-0.2, 0) is 0 Å². The van der Waals surface area contributed by atoms with Crippen LogP contribution in [0.2, 0.25) is 0 Å². The van der Waals surface area contributed by atoms with E-state index in [2.05, 4.69) is 180 Å². The van der Waals surface area contributed by atoms with Gasteiger partial charge in [-0.2, -0.15) is 0 Å². The van der Waals surface area contributed by atoms with Crippen LogP contribution in [-0.4, -0.2) is 93.9 Å².